The van der Waals surface area contributed by atoms with Crippen LogP contribution in [0.2, 0.25) is 0 Å². The summed E-state index contributed by atoms with van der Waals surface area (Å²) in [6.45, 7) is 2.74. The van der Waals surface area contributed by atoms with Crippen LogP contribution in [0.1, 0.15) is 34.7 Å². The van der Waals surface area contributed by atoms with E-state index in [0.29, 0.717) is 12.5 Å². The van der Waals surface area contributed by atoms with Crippen LogP contribution in [0.15, 0.2) is 53.7 Å². The number of aromatic nitrogens is 1. The highest BCUT2D eigenvalue weighted by molar-refractivity contribution is 7.99. The molecular weight excluding hydrogens is 318 g/mol. The molecule has 0 radical (unpaired) electrons. The number of rotatable bonds is 6. The molecular formula is C19H23N3OS. The van der Waals surface area contributed by atoms with E-state index in [-0.39, 0.29) is 5.91 Å². The summed E-state index contributed by atoms with van der Waals surface area (Å²) in [5, 5.41) is 7.41. The lowest BCUT2D eigenvalue weighted by Gasteiger charge is -2.23. The lowest BCUT2D eigenvalue weighted by molar-refractivity contribution is 0.0956. The molecule has 0 saturated carbocycles. The highest BCUT2D eigenvalue weighted by Gasteiger charge is 2.16. The Balaban J connectivity index is 1.49. The molecule has 0 aliphatic carbocycles. The molecule has 1 saturated heterocycles. The van der Waals surface area contributed by atoms with Gasteiger partial charge in [0.2, 0.25) is 0 Å². The van der Waals surface area contributed by atoms with Crippen molar-refractivity contribution in [2.24, 2.45) is 0 Å². The summed E-state index contributed by atoms with van der Waals surface area (Å²) in [5.74, 6) is 1.34. The average Bonchev–Trinajstić information content (AvgIpc) is 2.67. The molecule has 0 bridgehead atoms. The summed E-state index contributed by atoms with van der Waals surface area (Å²) in [5.41, 5.74) is 2.01. The van der Waals surface area contributed by atoms with Crippen molar-refractivity contribution in [1.82, 2.24) is 15.6 Å². The van der Waals surface area contributed by atoms with Gasteiger partial charge in [0, 0.05) is 30.6 Å². The van der Waals surface area contributed by atoms with Crippen LogP contribution in [0.4, 0.5) is 0 Å². The molecule has 0 unspecified atom stereocenters. The predicted octanol–water partition coefficient (Wildman–Crippen LogP) is 3.07. The minimum absolute atomic E-state index is 0.00207. The van der Waals surface area contributed by atoms with E-state index in [2.05, 4.69) is 21.7 Å². The van der Waals surface area contributed by atoms with Gasteiger partial charge in [0.15, 0.2) is 0 Å². The van der Waals surface area contributed by atoms with Crippen LogP contribution >= 0.6 is 11.8 Å². The number of amides is 1. The smallest absolute Gasteiger partial charge is 0.251 e. The van der Waals surface area contributed by atoms with Crippen LogP contribution in [-0.4, -0.2) is 36.3 Å². The van der Waals surface area contributed by atoms with E-state index in [1.54, 1.807) is 18.0 Å². The van der Waals surface area contributed by atoms with Crippen LogP contribution in [0.3, 0.4) is 0 Å². The molecule has 1 aliphatic rings. The summed E-state index contributed by atoms with van der Waals surface area (Å²) in [7, 11) is 0. The number of benzene rings is 1. The standard InChI is InChI=1S/C19H23N3OS/c23-19(22-11-12-24-18-8-1-2-10-21-18)16-6-3-5-15(13-16)17-7-4-9-20-14-17/h1-3,5-6,8,10,13,17,20H,4,7,9,11-12,14H2,(H,22,23)/t17-/m1/s1. The Morgan fingerprint density at radius 2 is 2.25 bits per heavy atom. The number of hydrogen-bond acceptors (Lipinski definition) is 4. The van der Waals surface area contributed by atoms with Crippen LogP contribution in [0, 0.1) is 0 Å². The van der Waals surface area contributed by atoms with Crippen molar-refractivity contribution in [3.05, 3.63) is 59.8 Å². The van der Waals surface area contributed by atoms with E-state index in [9.17, 15) is 4.79 Å². The van der Waals surface area contributed by atoms with Crippen molar-refractivity contribution in [2.75, 3.05) is 25.4 Å². The highest BCUT2D eigenvalue weighted by Crippen LogP contribution is 2.23. The van der Waals surface area contributed by atoms with Gasteiger partial charge in [0.25, 0.3) is 5.91 Å². The summed E-state index contributed by atoms with van der Waals surface area (Å²) in [4.78, 5) is 16.6. The van der Waals surface area contributed by atoms with Gasteiger partial charge in [0.1, 0.15) is 0 Å². The van der Waals surface area contributed by atoms with Crippen molar-refractivity contribution in [1.29, 1.82) is 0 Å². The van der Waals surface area contributed by atoms with Crippen molar-refractivity contribution in [3.8, 4) is 0 Å². The average molecular weight is 341 g/mol. The molecule has 3 rings (SSSR count). The zero-order valence-corrected chi connectivity index (χ0v) is 14.5. The minimum atomic E-state index is 0.00207. The van der Waals surface area contributed by atoms with Gasteiger partial charge in [-0.1, -0.05) is 18.2 Å². The second-order valence-electron chi connectivity index (χ2n) is 5.94. The molecule has 2 aromatic rings. The molecule has 1 aromatic carbocycles. The van der Waals surface area contributed by atoms with Gasteiger partial charge in [-0.3, -0.25) is 4.79 Å². The monoisotopic (exact) mass is 341 g/mol. The Kier molecular flexibility index (Phi) is 6.26. The van der Waals surface area contributed by atoms with Crippen LogP contribution in [0.25, 0.3) is 0 Å². The maximum Gasteiger partial charge on any atom is 0.251 e. The van der Waals surface area contributed by atoms with E-state index >= 15 is 0 Å². The molecule has 1 fully saturated rings. The first-order chi connectivity index (χ1) is 11.8. The molecule has 126 valence electrons. The van der Waals surface area contributed by atoms with Crippen molar-refractivity contribution in [2.45, 2.75) is 23.8 Å². The van der Waals surface area contributed by atoms with Gasteiger partial charge in [-0.15, -0.1) is 11.8 Å². The summed E-state index contributed by atoms with van der Waals surface area (Å²) in [6.07, 6.45) is 4.18. The number of carbonyl (C=O) groups excluding carboxylic acids is 1. The molecule has 1 aromatic heterocycles. The van der Waals surface area contributed by atoms with E-state index in [1.165, 1.54) is 18.4 Å². The minimum Gasteiger partial charge on any atom is -0.351 e. The maximum absolute atomic E-state index is 12.3. The molecule has 5 heteroatoms. The van der Waals surface area contributed by atoms with Gasteiger partial charge in [-0.25, -0.2) is 4.98 Å². The van der Waals surface area contributed by atoms with E-state index < -0.39 is 0 Å². The zero-order chi connectivity index (χ0) is 16.6. The Bertz CT molecular complexity index is 657. The first kappa shape index (κ1) is 17.0. The lowest BCUT2D eigenvalue weighted by atomic mass is 9.90. The third kappa shape index (κ3) is 4.82. The number of thioether (sulfide) groups is 1. The number of nitrogens with zero attached hydrogens (tertiary/aromatic N) is 1. The molecule has 4 nitrogen and oxygen atoms in total. The normalized spacial score (nSPS) is 17.4. The van der Waals surface area contributed by atoms with Crippen molar-refractivity contribution >= 4 is 17.7 Å². The number of hydrogen-bond donors (Lipinski definition) is 2. The van der Waals surface area contributed by atoms with E-state index in [1.807, 2.05) is 36.4 Å². The Hall–Kier alpha value is -1.85. The quantitative estimate of drug-likeness (QED) is 0.626. The highest BCUT2D eigenvalue weighted by atomic mass is 32.2. The maximum atomic E-state index is 12.3. The van der Waals surface area contributed by atoms with Crippen LogP contribution in [0.5, 0.6) is 0 Å². The number of carbonyl (C=O) groups is 1. The fourth-order valence-corrected chi connectivity index (χ4v) is 3.65. The lowest BCUT2D eigenvalue weighted by Crippen LogP contribution is -2.29. The fraction of sp³-hybridized carbons (Fsp3) is 0.368. The largest absolute Gasteiger partial charge is 0.351 e. The Labute approximate surface area is 147 Å². The number of nitrogens with one attached hydrogen (secondary N) is 2. The van der Waals surface area contributed by atoms with E-state index in [4.69, 9.17) is 0 Å². The molecule has 0 spiro atoms. The number of pyridine rings is 1. The molecule has 24 heavy (non-hydrogen) atoms. The van der Waals surface area contributed by atoms with Gasteiger partial charge < -0.3 is 10.6 Å². The number of piperidine rings is 1. The molecule has 1 aliphatic heterocycles. The van der Waals surface area contributed by atoms with Crippen molar-refractivity contribution in [3.63, 3.8) is 0 Å². The van der Waals surface area contributed by atoms with Crippen LogP contribution < -0.4 is 10.6 Å². The Morgan fingerprint density at radius 1 is 1.29 bits per heavy atom. The molecule has 1 amide bonds. The first-order valence-corrected chi connectivity index (χ1v) is 9.44. The van der Waals surface area contributed by atoms with E-state index in [0.717, 1.165) is 29.4 Å². The third-order valence-electron chi connectivity index (χ3n) is 4.19. The van der Waals surface area contributed by atoms with Gasteiger partial charge in [-0.2, -0.15) is 0 Å². The molecule has 1 atom stereocenters. The van der Waals surface area contributed by atoms with Gasteiger partial charge in [-0.05, 0) is 55.1 Å². The first-order valence-electron chi connectivity index (χ1n) is 8.45. The second-order valence-corrected chi connectivity index (χ2v) is 7.06. The fourth-order valence-electron chi connectivity index (χ4n) is 2.92. The zero-order valence-electron chi connectivity index (χ0n) is 13.7. The topological polar surface area (TPSA) is 54.0 Å². The third-order valence-corrected chi connectivity index (χ3v) is 5.14. The summed E-state index contributed by atoms with van der Waals surface area (Å²) in [6, 6.07) is 13.9. The van der Waals surface area contributed by atoms with Crippen molar-refractivity contribution < 1.29 is 4.79 Å². The summed E-state index contributed by atoms with van der Waals surface area (Å²) < 4.78 is 0. The SMILES string of the molecule is O=C(NCCSc1ccccn1)c1cccc([C@@H]2CCCNC2)c1. The van der Waals surface area contributed by atoms with Crippen LogP contribution in [-0.2, 0) is 0 Å². The molecule has 2 N–H and O–H groups in total. The molecule has 2 heterocycles. The summed E-state index contributed by atoms with van der Waals surface area (Å²) >= 11 is 1.65. The Morgan fingerprint density at radius 3 is 3.04 bits per heavy atom. The second kappa shape index (κ2) is 8.85. The van der Waals surface area contributed by atoms with Gasteiger partial charge in [0.05, 0.1) is 5.03 Å². The van der Waals surface area contributed by atoms with Gasteiger partial charge >= 0.3 is 0 Å². The predicted molar refractivity (Wildman–Crippen MR) is 98.6 cm³/mol.